The van der Waals surface area contributed by atoms with Crippen LogP contribution in [0.25, 0.3) is 11.1 Å². The Labute approximate surface area is 186 Å². The monoisotopic (exact) mass is 437 g/mol. The van der Waals surface area contributed by atoms with Crippen LogP contribution < -0.4 is 5.32 Å². The average molecular weight is 438 g/mol. The van der Waals surface area contributed by atoms with E-state index in [2.05, 4.69) is 17.4 Å². The molecule has 2 atom stereocenters. The van der Waals surface area contributed by atoms with Crippen LogP contribution >= 0.6 is 11.6 Å². The minimum Gasteiger partial charge on any atom is -0.449 e. The number of hydrogen-bond donors (Lipinski definition) is 3. The third-order valence-corrected chi connectivity index (χ3v) is 6.06. The Balaban J connectivity index is 1.36. The Hall–Kier alpha value is -2.86. The van der Waals surface area contributed by atoms with Crippen LogP contribution in [0.2, 0.25) is 5.02 Å². The fraction of sp³-hybridized carbons (Fsp3) is 0.240. The number of ether oxygens (including phenoxy) is 1. The van der Waals surface area contributed by atoms with E-state index in [4.69, 9.17) is 16.3 Å². The van der Waals surface area contributed by atoms with E-state index in [-0.39, 0.29) is 19.1 Å². The predicted molar refractivity (Wildman–Crippen MR) is 120 cm³/mol. The van der Waals surface area contributed by atoms with Crippen LogP contribution in [-0.4, -0.2) is 35.6 Å². The molecule has 5 nitrogen and oxygen atoms in total. The Morgan fingerprint density at radius 1 is 1.00 bits per heavy atom. The molecule has 0 aromatic heterocycles. The van der Waals surface area contributed by atoms with Gasteiger partial charge >= 0.3 is 6.09 Å². The average Bonchev–Trinajstić information content (AvgIpc) is 3.09. The summed E-state index contributed by atoms with van der Waals surface area (Å²) in [5, 5.41) is 23.7. The fourth-order valence-electron chi connectivity index (χ4n) is 4.16. The number of rotatable bonds is 6. The molecule has 1 aliphatic carbocycles. The van der Waals surface area contributed by atoms with Crippen molar-refractivity contribution >= 4 is 17.7 Å². The van der Waals surface area contributed by atoms with Crippen molar-refractivity contribution in [3.05, 3.63) is 94.0 Å². The van der Waals surface area contributed by atoms with E-state index in [0.29, 0.717) is 10.6 Å². The van der Waals surface area contributed by atoms with Gasteiger partial charge in [0, 0.05) is 23.0 Å². The summed E-state index contributed by atoms with van der Waals surface area (Å²) in [7, 11) is 0. The summed E-state index contributed by atoms with van der Waals surface area (Å²) < 4.78 is 5.45. The van der Waals surface area contributed by atoms with E-state index in [1.54, 1.807) is 25.1 Å². The first-order chi connectivity index (χ1) is 15.0. The van der Waals surface area contributed by atoms with Crippen molar-refractivity contribution in [1.82, 2.24) is 5.32 Å². The predicted octanol–water partition coefficient (Wildman–Crippen LogP) is 4.58. The topological polar surface area (TPSA) is 78.8 Å². The molecule has 0 aliphatic heterocycles. The number of aliphatic hydroxyl groups is 2. The molecule has 0 spiro atoms. The van der Waals surface area contributed by atoms with Gasteiger partial charge in [-0.1, -0.05) is 72.3 Å². The first-order valence-corrected chi connectivity index (χ1v) is 10.5. The number of alkyl carbamates (subject to hydrolysis) is 1. The lowest BCUT2D eigenvalue weighted by Crippen LogP contribution is -2.36. The number of hydrogen-bond acceptors (Lipinski definition) is 4. The molecule has 0 saturated heterocycles. The lowest BCUT2D eigenvalue weighted by Gasteiger charge is -2.21. The van der Waals surface area contributed by atoms with Crippen molar-refractivity contribution in [2.75, 3.05) is 13.2 Å². The summed E-state index contributed by atoms with van der Waals surface area (Å²) in [5.74, 6) is -0.0422. The van der Waals surface area contributed by atoms with Crippen molar-refractivity contribution < 1.29 is 19.7 Å². The SMILES string of the molecule is Cc1cccc(Cl)c1C(O)C(O)CNC(=O)OCC1c2ccccc2-c2ccccc21. The van der Waals surface area contributed by atoms with Gasteiger partial charge < -0.3 is 20.3 Å². The van der Waals surface area contributed by atoms with E-state index in [0.717, 1.165) is 27.8 Å². The second-order valence-corrected chi connectivity index (χ2v) is 8.10. The minimum atomic E-state index is -1.22. The summed E-state index contributed by atoms with van der Waals surface area (Å²) in [6.07, 6.45) is -3.09. The van der Waals surface area contributed by atoms with E-state index >= 15 is 0 Å². The van der Waals surface area contributed by atoms with Crippen molar-refractivity contribution in [2.24, 2.45) is 0 Å². The molecule has 1 amide bonds. The second-order valence-electron chi connectivity index (χ2n) is 7.69. The number of aliphatic hydroxyl groups excluding tert-OH is 2. The van der Waals surface area contributed by atoms with Crippen LogP contribution in [0, 0.1) is 6.92 Å². The Morgan fingerprint density at radius 3 is 2.23 bits per heavy atom. The van der Waals surface area contributed by atoms with Gasteiger partial charge in [-0.3, -0.25) is 0 Å². The second kappa shape index (κ2) is 9.10. The molecule has 3 aromatic rings. The zero-order chi connectivity index (χ0) is 22.0. The van der Waals surface area contributed by atoms with Gasteiger partial charge in [-0.15, -0.1) is 0 Å². The summed E-state index contributed by atoms with van der Waals surface area (Å²) in [4.78, 5) is 12.3. The number of aryl methyl sites for hydroxylation is 1. The molecule has 0 saturated carbocycles. The number of fused-ring (bicyclic) bond motifs is 3. The molecular formula is C25H24ClNO4. The number of nitrogens with one attached hydrogen (secondary N) is 1. The summed E-state index contributed by atoms with van der Waals surface area (Å²) in [5.41, 5.74) is 5.77. The molecule has 0 fully saturated rings. The third-order valence-electron chi connectivity index (χ3n) is 5.73. The molecule has 3 aromatic carbocycles. The number of amides is 1. The van der Waals surface area contributed by atoms with Gasteiger partial charge in [0.25, 0.3) is 0 Å². The molecule has 31 heavy (non-hydrogen) atoms. The highest BCUT2D eigenvalue weighted by Gasteiger charge is 2.29. The molecule has 3 N–H and O–H groups in total. The van der Waals surface area contributed by atoms with Crippen LogP contribution in [0.1, 0.15) is 34.3 Å². The lowest BCUT2D eigenvalue weighted by atomic mass is 9.98. The number of carbonyl (C=O) groups is 1. The highest BCUT2D eigenvalue weighted by molar-refractivity contribution is 6.31. The number of benzene rings is 3. The standard InChI is InChI=1S/C25H24ClNO4/c1-15-7-6-12-21(26)23(15)24(29)22(28)13-27-25(30)31-14-20-18-10-4-2-8-16(18)17-9-3-5-11-19(17)20/h2-12,20,22,24,28-29H,13-14H2,1H3,(H,27,30). The van der Waals surface area contributed by atoms with E-state index < -0.39 is 18.3 Å². The third kappa shape index (κ3) is 4.30. The fourth-order valence-corrected chi connectivity index (χ4v) is 4.49. The highest BCUT2D eigenvalue weighted by Crippen LogP contribution is 2.44. The molecule has 4 rings (SSSR count). The van der Waals surface area contributed by atoms with Gasteiger partial charge in [-0.2, -0.15) is 0 Å². The smallest absolute Gasteiger partial charge is 0.407 e. The van der Waals surface area contributed by atoms with Crippen molar-refractivity contribution in [3.8, 4) is 11.1 Å². The maximum atomic E-state index is 12.3. The quantitative estimate of drug-likeness (QED) is 0.527. The van der Waals surface area contributed by atoms with Crippen molar-refractivity contribution in [2.45, 2.75) is 25.0 Å². The Morgan fingerprint density at radius 2 is 1.61 bits per heavy atom. The number of halogens is 1. The summed E-state index contributed by atoms with van der Waals surface area (Å²) in [6.45, 7) is 1.82. The molecule has 0 heterocycles. The molecule has 160 valence electrons. The van der Waals surface area contributed by atoms with E-state index in [1.807, 2.05) is 36.4 Å². The van der Waals surface area contributed by atoms with E-state index in [9.17, 15) is 15.0 Å². The zero-order valence-electron chi connectivity index (χ0n) is 17.1. The lowest BCUT2D eigenvalue weighted by molar-refractivity contribution is 0.0182. The van der Waals surface area contributed by atoms with Crippen LogP contribution in [-0.2, 0) is 4.74 Å². The molecule has 1 aliphatic rings. The Kier molecular flexibility index (Phi) is 6.28. The van der Waals surface area contributed by atoms with Crippen LogP contribution in [0.15, 0.2) is 66.7 Å². The van der Waals surface area contributed by atoms with Crippen LogP contribution in [0.4, 0.5) is 4.79 Å². The van der Waals surface area contributed by atoms with Gasteiger partial charge in [-0.25, -0.2) is 4.79 Å². The van der Waals surface area contributed by atoms with Gasteiger partial charge in [0.2, 0.25) is 0 Å². The minimum absolute atomic E-state index is 0.0422. The van der Waals surface area contributed by atoms with Crippen molar-refractivity contribution in [1.29, 1.82) is 0 Å². The van der Waals surface area contributed by atoms with Gasteiger partial charge in [0.15, 0.2) is 0 Å². The summed E-state index contributed by atoms with van der Waals surface area (Å²) >= 11 is 6.15. The maximum absolute atomic E-state index is 12.3. The van der Waals surface area contributed by atoms with Gasteiger partial charge in [-0.05, 0) is 40.8 Å². The van der Waals surface area contributed by atoms with Crippen LogP contribution in [0.5, 0.6) is 0 Å². The molecular weight excluding hydrogens is 414 g/mol. The van der Waals surface area contributed by atoms with Crippen LogP contribution in [0.3, 0.4) is 0 Å². The molecule has 6 heteroatoms. The normalized spacial score (nSPS) is 14.5. The molecule has 0 bridgehead atoms. The van der Waals surface area contributed by atoms with Gasteiger partial charge in [0.05, 0.1) is 0 Å². The number of carbonyl (C=O) groups excluding carboxylic acids is 1. The zero-order valence-corrected chi connectivity index (χ0v) is 17.8. The largest absolute Gasteiger partial charge is 0.449 e. The molecule has 0 radical (unpaired) electrons. The molecule has 2 unspecified atom stereocenters. The first kappa shape index (κ1) is 21.4. The van der Waals surface area contributed by atoms with Crippen molar-refractivity contribution in [3.63, 3.8) is 0 Å². The highest BCUT2D eigenvalue weighted by atomic mass is 35.5. The van der Waals surface area contributed by atoms with Gasteiger partial charge in [0.1, 0.15) is 18.8 Å². The Bertz CT molecular complexity index is 1030. The summed E-state index contributed by atoms with van der Waals surface area (Å²) in [6, 6.07) is 21.4. The van der Waals surface area contributed by atoms with E-state index in [1.165, 1.54) is 0 Å². The maximum Gasteiger partial charge on any atom is 0.407 e. The first-order valence-electron chi connectivity index (χ1n) is 10.2.